The van der Waals surface area contributed by atoms with E-state index in [4.69, 9.17) is 10.7 Å². The lowest BCUT2D eigenvalue weighted by Crippen LogP contribution is -2.33. The van der Waals surface area contributed by atoms with Crippen molar-refractivity contribution < 1.29 is 4.21 Å². The molecule has 0 spiro atoms. The molecular weight excluding hydrogens is 156 g/mol. The minimum Gasteiger partial charge on any atom is -0.268 e. The number of halogens is 1. The zero-order valence-corrected chi connectivity index (χ0v) is 7.89. The first kappa shape index (κ1) is 9.44. The van der Waals surface area contributed by atoms with E-state index in [0.29, 0.717) is 17.3 Å². The molecule has 0 heterocycles. The zero-order chi connectivity index (χ0) is 7.57. The minimum atomic E-state index is -2.68. The Hall–Kier alpha value is 0.440. The molecule has 3 heteroatoms. The first-order valence-electron chi connectivity index (χ1n) is 3.31. The van der Waals surface area contributed by atoms with Gasteiger partial charge in [-0.1, -0.05) is 20.8 Å². The fourth-order valence-electron chi connectivity index (χ4n) is 0.612. The van der Waals surface area contributed by atoms with Crippen LogP contribution in [0.5, 0.6) is 0 Å². The molecule has 0 aliphatic heterocycles. The van der Waals surface area contributed by atoms with Gasteiger partial charge in [0.2, 0.25) is 0 Å². The quantitative estimate of drug-likeness (QED) is 0.593. The Morgan fingerprint density at radius 2 is 1.33 bits per heavy atom. The van der Waals surface area contributed by atoms with Crippen LogP contribution in [0.1, 0.15) is 20.8 Å². The standard InChI is InChI=1S/C6H15ClOS/c1-4-9(7,8,5-2)6-3/h4-6H2,1-3H3. The number of hydrogen-bond donors (Lipinski definition) is 0. The average molecular weight is 171 g/mol. The molecule has 0 bridgehead atoms. The Labute approximate surface area is 61.7 Å². The van der Waals surface area contributed by atoms with Gasteiger partial charge in [-0.2, -0.15) is 0 Å². The van der Waals surface area contributed by atoms with Gasteiger partial charge in [-0.05, 0) is 19.0 Å². The van der Waals surface area contributed by atoms with Gasteiger partial charge in [0.05, 0.1) is 0 Å². The van der Waals surface area contributed by atoms with Crippen LogP contribution in [0.15, 0.2) is 0 Å². The van der Waals surface area contributed by atoms with E-state index in [1.807, 2.05) is 20.8 Å². The van der Waals surface area contributed by atoms with Crippen LogP contribution in [0.4, 0.5) is 0 Å². The van der Waals surface area contributed by atoms with E-state index in [-0.39, 0.29) is 0 Å². The summed E-state index contributed by atoms with van der Waals surface area (Å²) in [5.74, 6) is 1.81. The molecule has 0 saturated heterocycles. The van der Waals surface area contributed by atoms with Crippen LogP contribution in [0.3, 0.4) is 0 Å². The molecule has 0 aromatic heterocycles. The molecule has 0 unspecified atom stereocenters. The van der Waals surface area contributed by atoms with E-state index in [9.17, 15) is 4.21 Å². The van der Waals surface area contributed by atoms with Gasteiger partial charge in [-0.15, -0.1) is 0 Å². The largest absolute Gasteiger partial charge is 0.268 e. The average Bonchev–Trinajstić information content (AvgIpc) is 1.90. The van der Waals surface area contributed by atoms with Crippen LogP contribution in [-0.2, 0) is 8.28 Å². The predicted molar refractivity (Wildman–Crippen MR) is 45.6 cm³/mol. The second-order valence-corrected chi connectivity index (χ2v) is 9.01. The highest BCUT2D eigenvalue weighted by molar-refractivity contribution is 8.38. The maximum absolute atomic E-state index is 11.7. The topological polar surface area (TPSA) is 17.1 Å². The first-order chi connectivity index (χ1) is 3.96. The summed E-state index contributed by atoms with van der Waals surface area (Å²) in [4.78, 5) is 0. The monoisotopic (exact) mass is 170 g/mol. The van der Waals surface area contributed by atoms with Gasteiger partial charge in [0.15, 0.2) is 0 Å². The summed E-state index contributed by atoms with van der Waals surface area (Å²) in [7, 11) is 3.23. The Morgan fingerprint density at radius 1 is 1.11 bits per heavy atom. The van der Waals surface area contributed by atoms with E-state index >= 15 is 0 Å². The third-order valence-corrected chi connectivity index (χ3v) is 7.68. The number of rotatable bonds is 3. The van der Waals surface area contributed by atoms with E-state index in [1.165, 1.54) is 0 Å². The molecule has 0 N–H and O–H groups in total. The Balaban J connectivity index is 4.42. The van der Waals surface area contributed by atoms with Crippen LogP contribution in [0.2, 0.25) is 0 Å². The zero-order valence-electron chi connectivity index (χ0n) is 6.32. The molecule has 9 heavy (non-hydrogen) atoms. The van der Waals surface area contributed by atoms with Crippen molar-refractivity contribution in [3.05, 3.63) is 0 Å². The summed E-state index contributed by atoms with van der Waals surface area (Å²) in [6.07, 6.45) is 0. The predicted octanol–water partition coefficient (Wildman–Crippen LogP) is 2.02. The van der Waals surface area contributed by atoms with Crippen LogP contribution < -0.4 is 0 Å². The molecule has 0 aliphatic rings. The summed E-state index contributed by atoms with van der Waals surface area (Å²) in [5.41, 5.74) is 0. The van der Waals surface area contributed by atoms with Crippen molar-refractivity contribution in [3.8, 4) is 0 Å². The molecule has 0 atom stereocenters. The second-order valence-electron chi connectivity index (χ2n) is 2.22. The molecule has 0 radical (unpaired) electrons. The molecular formula is C6H15ClOS. The van der Waals surface area contributed by atoms with Crippen LogP contribution in [0, 0.1) is 0 Å². The maximum atomic E-state index is 11.7. The lowest BCUT2D eigenvalue weighted by atomic mass is 10.9. The smallest absolute Gasteiger partial charge is 0.0131 e. The van der Waals surface area contributed by atoms with Gasteiger partial charge in [0.1, 0.15) is 0 Å². The molecule has 0 saturated carbocycles. The van der Waals surface area contributed by atoms with E-state index in [0.717, 1.165) is 0 Å². The summed E-state index contributed by atoms with van der Waals surface area (Å²) in [5, 5.41) is 0. The van der Waals surface area contributed by atoms with Gasteiger partial charge in [-0.25, -0.2) is 0 Å². The van der Waals surface area contributed by atoms with Crippen molar-refractivity contribution in [2.24, 2.45) is 0 Å². The van der Waals surface area contributed by atoms with Gasteiger partial charge < -0.3 is 0 Å². The fourth-order valence-corrected chi connectivity index (χ4v) is 1.84. The fraction of sp³-hybridized carbons (Fsp3) is 1.00. The van der Waals surface area contributed by atoms with Crippen LogP contribution >= 0.6 is 10.7 Å². The highest BCUT2D eigenvalue weighted by Crippen LogP contribution is 2.29. The summed E-state index contributed by atoms with van der Waals surface area (Å²) < 4.78 is 11.7. The van der Waals surface area contributed by atoms with Crippen molar-refractivity contribution in [1.29, 1.82) is 0 Å². The molecule has 0 aromatic carbocycles. The molecule has 0 fully saturated rings. The summed E-state index contributed by atoms with van der Waals surface area (Å²) in [6, 6.07) is 0. The summed E-state index contributed by atoms with van der Waals surface area (Å²) >= 11 is 0. The third kappa shape index (κ3) is 2.26. The van der Waals surface area contributed by atoms with Gasteiger partial charge in [0, 0.05) is 17.3 Å². The molecule has 0 amide bonds. The third-order valence-electron chi connectivity index (χ3n) is 1.91. The van der Waals surface area contributed by atoms with E-state index in [2.05, 4.69) is 0 Å². The highest BCUT2D eigenvalue weighted by Gasteiger charge is 2.26. The SMILES string of the molecule is CCS(=O)(Cl)(CC)CC. The lowest BCUT2D eigenvalue weighted by Gasteiger charge is -2.31. The lowest BCUT2D eigenvalue weighted by molar-refractivity contribution is 0.668. The summed E-state index contributed by atoms with van der Waals surface area (Å²) in [6.45, 7) is 5.65. The molecule has 0 aliphatic carbocycles. The second kappa shape index (κ2) is 2.59. The number of hydrogen-bond acceptors (Lipinski definition) is 1. The molecule has 0 rings (SSSR count). The van der Waals surface area contributed by atoms with Crippen molar-refractivity contribution in [3.63, 3.8) is 0 Å². The van der Waals surface area contributed by atoms with Crippen molar-refractivity contribution in [2.75, 3.05) is 17.3 Å². The maximum Gasteiger partial charge on any atom is 0.0131 e. The molecule has 1 nitrogen and oxygen atoms in total. The van der Waals surface area contributed by atoms with Gasteiger partial charge in [-0.3, -0.25) is 4.21 Å². The van der Waals surface area contributed by atoms with Crippen LogP contribution in [0.25, 0.3) is 0 Å². The highest BCUT2D eigenvalue weighted by atomic mass is 35.7. The Morgan fingerprint density at radius 3 is 1.33 bits per heavy atom. The Bertz CT molecular complexity index is 131. The normalized spacial score (nSPS) is 16.7. The Kier molecular flexibility index (Phi) is 2.71. The molecule has 58 valence electrons. The van der Waals surface area contributed by atoms with E-state index < -0.39 is 8.28 Å². The first-order valence-corrected chi connectivity index (χ1v) is 6.61. The van der Waals surface area contributed by atoms with Crippen molar-refractivity contribution in [2.45, 2.75) is 20.8 Å². The van der Waals surface area contributed by atoms with Crippen molar-refractivity contribution >= 4 is 19.0 Å². The minimum absolute atomic E-state index is 0.603. The van der Waals surface area contributed by atoms with Crippen LogP contribution in [-0.4, -0.2) is 21.5 Å². The van der Waals surface area contributed by atoms with Crippen molar-refractivity contribution in [1.82, 2.24) is 0 Å². The van der Waals surface area contributed by atoms with Gasteiger partial charge in [0.25, 0.3) is 0 Å². The van der Waals surface area contributed by atoms with E-state index in [1.54, 1.807) is 0 Å². The van der Waals surface area contributed by atoms with Gasteiger partial charge >= 0.3 is 0 Å². The molecule has 0 aromatic rings.